The van der Waals surface area contributed by atoms with Gasteiger partial charge in [0.05, 0.1) is 16.9 Å². The summed E-state index contributed by atoms with van der Waals surface area (Å²) in [6.07, 6.45) is 1.83. The zero-order chi connectivity index (χ0) is 27.5. The maximum absolute atomic E-state index is 6.14. The first-order chi connectivity index (χ1) is 19.5. The standard InChI is InChI=1S/C33H33ClN6/c1-23-3-7-25(8-4-23)30-22-31(26-9-5-24(2)6-10-26)38-33(37-30)40-19-17-39(18-20-40)16-15-36-29-13-14-35-32-21-27(34)11-12-28(29)32/h3-14,21-22H,15-20H2,1-2H3,(H,35,36). The van der Waals surface area contributed by atoms with Gasteiger partial charge in [0, 0.05) is 72.7 Å². The zero-order valence-electron chi connectivity index (χ0n) is 22.9. The molecule has 0 aliphatic carbocycles. The van der Waals surface area contributed by atoms with Crippen molar-refractivity contribution >= 4 is 34.1 Å². The monoisotopic (exact) mass is 548 g/mol. The number of rotatable bonds is 7. The Bertz CT molecular complexity index is 1550. The molecule has 6 nitrogen and oxygen atoms in total. The van der Waals surface area contributed by atoms with E-state index in [0.29, 0.717) is 5.02 Å². The third kappa shape index (κ3) is 5.93. The van der Waals surface area contributed by atoms with Gasteiger partial charge >= 0.3 is 0 Å². The first-order valence-corrected chi connectivity index (χ1v) is 14.2. The highest BCUT2D eigenvalue weighted by atomic mass is 35.5. The second-order valence-electron chi connectivity index (χ2n) is 10.4. The summed E-state index contributed by atoms with van der Waals surface area (Å²) < 4.78 is 0. The number of nitrogens with one attached hydrogen (secondary N) is 1. The fourth-order valence-corrected chi connectivity index (χ4v) is 5.28. The number of nitrogens with zero attached hydrogens (tertiary/aromatic N) is 5. The van der Waals surface area contributed by atoms with Gasteiger partial charge in [-0.1, -0.05) is 71.3 Å². The van der Waals surface area contributed by atoms with Gasteiger partial charge in [0.2, 0.25) is 5.95 Å². The van der Waals surface area contributed by atoms with E-state index in [1.165, 1.54) is 11.1 Å². The Morgan fingerprint density at radius 1 is 0.750 bits per heavy atom. The van der Waals surface area contributed by atoms with Gasteiger partial charge < -0.3 is 10.2 Å². The fraction of sp³-hybridized carbons (Fsp3) is 0.242. The van der Waals surface area contributed by atoms with Crippen LogP contribution in [0.2, 0.25) is 5.02 Å². The zero-order valence-corrected chi connectivity index (χ0v) is 23.7. The normalized spacial score (nSPS) is 14.0. The fourth-order valence-electron chi connectivity index (χ4n) is 5.12. The molecule has 0 saturated carbocycles. The number of halogens is 1. The number of hydrogen-bond acceptors (Lipinski definition) is 6. The van der Waals surface area contributed by atoms with Crippen LogP contribution in [-0.2, 0) is 0 Å². The van der Waals surface area contributed by atoms with Crippen molar-refractivity contribution in [2.45, 2.75) is 13.8 Å². The summed E-state index contributed by atoms with van der Waals surface area (Å²) in [4.78, 5) is 19.3. The maximum Gasteiger partial charge on any atom is 0.226 e. The van der Waals surface area contributed by atoms with E-state index in [-0.39, 0.29) is 0 Å². The van der Waals surface area contributed by atoms with Crippen molar-refractivity contribution in [3.8, 4) is 22.5 Å². The molecule has 5 aromatic rings. The molecule has 2 aromatic heterocycles. The van der Waals surface area contributed by atoms with Crippen LogP contribution in [0.4, 0.5) is 11.6 Å². The molecule has 3 aromatic carbocycles. The molecule has 1 N–H and O–H groups in total. The number of hydrogen-bond donors (Lipinski definition) is 1. The minimum atomic E-state index is 0.703. The van der Waals surface area contributed by atoms with E-state index in [4.69, 9.17) is 21.6 Å². The van der Waals surface area contributed by atoms with E-state index in [2.05, 4.69) is 88.5 Å². The quantitative estimate of drug-likeness (QED) is 0.240. The van der Waals surface area contributed by atoms with Crippen molar-refractivity contribution < 1.29 is 0 Å². The topological polar surface area (TPSA) is 57.2 Å². The summed E-state index contributed by atoms with van der Waals surface area (Å²) in [7, 11) is 0. The molecule has 1 fully saturated rings. The van der Waals surface area contributed by atoms with Crippen molar-refractivity contribution in [2.75, 3.05) is 49.5 Å². The van der Waals surface area contributed by atoms with E-state index >= 15 is 0 Å². The summed E-state index contributed by atoms with van der Waals surface area (Å²) in [5, 5.41) is 5.39. The molecule has 0 amide bonds. The average Bonchev–Trinajstić information content (AvgIpc) is 2.98. The Kier molecular flexibility index (Phi) is 7.62. The van der Waals surface area contributed by atoms with Crippen LogP contribution in [0, 0.1) is 13.8 Å². The molecule has 0 atom stereocenters. The number of aryl methyl sites for hydroxylation is 2. The average molecular weight is 549 g/mol. The van der Waals surface area contributed by atoms with Gasteiger partial charge in [-0.05, 0) is 44.2 Å². The van der Waals surface area contributed by atoms with Gasteiger partial charge in [-0.25, -0.2) is 9.97 Å². The van der Waals surface area contributed by atoms with Crippen molar-refractivity contribution in [3.05, 3.63) is 101 Å². The van der Waals surface area contributed by atoms with Gasteiger partial charge in [-0.2, -0.15) is 0 Å². The number of pyridine rings is 1. The summed E-state index contributed by atoms with van der Waals surface area (Å²) in [6.45, 7) is 9.75. The molecular formula is C33H33ClN6. The Morgan fingerprint density at radius 2 is 1.38 bits per heavy atom. The highest BCUT2D eigenvalue weighted by molar-refractivity contribution is 6.31. The largest absolute Gasteiger partial charge is 0.383 e. The van der Waals surface area contributed by atoms with Crippen LogP contribution in [0.25, 0.3) is 33.4 Å². The summed E-state index contributed by atoms with van der Waals surface area (Å²) in [5.74, 6) is 0.799. The van der Waals surface area contributed by atoms with E-state index in [1.54, 1.807) is 0 Å². The van der Waals surface area contributed by atoms with Crippen LogP contribution < -0.4 is 10.2 Å². The Labute approximate surface area is 240 Å². The van der Waals surface area contributed by atoms with Gasteiger partial charge in [-0.15, -0.1) is 0 Å². The maximum atomic E-state index is 6.14. The molecule has 3 heterocycles. The highest BCUT2D eigenvalue weighted by Gasteiger charge is 2.20. The molecule has 0 radical (unpaired) electrons. The number of aromatic nitrogens is 3. The van der Waals surface area contributed by atoms with Crippen molar-refractivity contribution in [2.24, 2.45) is 0 Å². The molecule has 0 spiro atoms. The van der Waals surface area contributed by atoms with E-state index < -0.39 is 0 Å². The third-order valence-corrected chi connectivity index (χ3v) is 7.75. The first kappa shape index (κ1) is 26.2. The van der Waals surface area contributed by atoms with Crippen LogP contribution in [0.5, 0.6) is 0 Å². The second kappa shape index (κ2) is 11.6. The predicted octanol–water partition coefficient (Wildman–Crippen LogP) is 6.86. The lowest BCUT2D eigenvalue weighted by molar-refractivity contribution is 0.266. The van der Waals surface area contributed by atoms with E-state index in [0.717, 1.165) is 84.3 Å². The Morgan fingerprint density at radius 3 is 2.00 bits per heavy atom. The molecule has 1 aliphatic rings. The van der Waals surface area contributed by atoms with Gasteiger partial charge in [0.25, 0.3) is 0 Å². The smallest absolute Gasteiger partial charge is 0.226 e. The molecular weight excluding hydrogens is 516 g/mol. The van der Waals surface area contributed by atoms with Gasteiger partial charge in [0.15, 0.2) is 0 Å². The Hall–Kier alpha value is -4.00. The lowest BCUT2D eigenvalue weighted by atomic mass is 10.1. The summed E-state index contributed by atoms with van der Waals surface area (Å²) in [6, 6.07) is 27.1. The summed E-state index contributed by atoms with van der Waals surface area (Å²) in [5.41, 5.74) is 8.61. The second-order valence-corrected chi connectivity index (χ2v) is 10.9. The minimum Gasteiger partial charge on any atom is -0.383 e. The van der Waals surface area contributed by atoms with Gasteiger partial charge in [0.1, 0.15) is 0 Å². The van der Waals surface area contributed by atoms with Crippen LogP contribution in [0.3, 0.4) is 0 Å². The van der Waals surface area contributed by atoms with Crippen LogP contribution in [0.15, 0.2) is 85.1 Å². The lowest BCUT2D eigenvalue weighted by Gasteiger charge is -2.35. The Balaban J connectivity index is 1.14. The van der Waals surface area contributed by atoms with E-state index in [1.807, 2.05) is 30.5 Å². The van der Waals surface area contributed by atoms with Crippen molar-refractivity contribution in [1.29, 1.82) is 0 Å². The summed E-state index contributed by atoms with van der Waals surface area (Å²) >= 11 is 6.14. The van der Waals surface area contributed by atoms with Crippen LogP contribution in [-0.4, -0.2) is 59.1 Å². The molecule has 202 valence electrons. The molecule has 6 rings (SSSR count). The predicted molar refractivity (Wildman–Crippen MR) is 166 cm³/mol. The molecule has 0 bridgehead atoms. The minimum absolute atomic E-state index is 0.703. The molecule has 1 saturated heterocycles. The SMILES string of the molecule is Cc1ccc(-c2cc(-c3ccc(C)cc3)nc(N3CCN(CCNc4ccnc5cc(Cl)ccc45)CC3)n2)cc1. The van der Waals surface area contributed by atoms with Crippen LogP contribution >= 0.6 is 11.6 Å². The molecule has 40 heavy (non-hydrogen) atoms. The van der Waals surface area contributed by atoms with Gasteiger partial charge in [-0.3, -0.25) is 9.88 Å². The van der Waals surface area contributed by atoms with Crippen molar-refractivity contribution in [1.82, 2.24) is 19.9 Å². The van der Waals surface area contributed by atoms with Crippen LogP contribution in [0.1, 0.15) is 11.1 Å². The lowest BCUT2D eigenvalue weighted by Crippen LogP contribution is -2.48. The third-order valence-electron chi connectivity index (χ3n) is 7.51. The first-order valence-electron chi connectivity index (χ1n) is 13.8. The number of fused-ring (bicyclic) bond motifs is 1. The number of anilines is 2. The molecule has 7 heteroatoms. The number of benzene rings is 3. The highest BCUT2D eigenvalue weighted by Crippen LogP contribution is 2.28. The molecule has 1 aliphatic heterocycles. The van der Waals surface area contributed by atoms with Crippen molar-refractivity contribution in [3.63, 3.8) is 0 Å². The van der Waals surface area contributed by atoms with E-state index in [9.17, 15) is 0 Å². The molecule has 0 unspecified atom stereocenters. The number of piperazine rings is 1.